The van der Waals surface area contributed by atoms with Gasteiger partial charge in [-0.05, 0) is 24.6 Å². The van der Waals surface area contributed by atoms with Crippen molar-refractivity contribution in [1.82, 2.24) is 5.48 Å². The van der Waals surface area contributed by atoms with E-state index in [-0.39, 0.29) is 19.4 Å². The lowest BCUT2D eigenvalue weighted by Gasteiger charge is -2.26. The number of nitrogens with one attached hydrogen (secondary N) is 1. The van der Waals surface area contributed by atoms with E-state index < -0.39 is 32.7 Å². The summed E-state index contributed by atoms with van der Waals surface area (Å²) in [6.45, 7) is 1.22. The molecule has 2 N–H and O–H groups in total. The first-order chi connectivity index (χ1) is 12.1. The molecule has 140 valence electrons. The Balaban J connectivity index is 2.18. The van der Waals surface area contributed by atoms with Crippen LogP contribution in [0.15, 0.2) is 24.3 Å². The Hall–Kier alpha value is -2.64. The molecular weight excluding hydrogens is 362 g/mol. The van der Waals surface area contributed by atoms with Crippen LogP contribution in [-0.2, 0) is 25.8 Å². The molecule has 2 rings (SSSR count). The smallest absolute Gasteiger partial charge is 0.414 e. The van der Waals surface area contributed by atoms with Gasteiger partial charge in [-0.25, -0.2) is 18.7 Å². The SMILES string of the molecule is CC(C[C@H]1CN(c2ccc(CC#N)cc2)C(=O)O1)(C(=O)NO)S(C)(=O)=O. The highest BCUT2D eigenvalue weighted by Gasteiger charge is 2.48. The van der Waals surface area contributed by atoms with Crippen molar-refractivity contribution in [3.8, 4) is 6.07 Å². The highest BCUT2D eigenvalue weighted by atomic mass is 32.2. The first-order valence-electron chi connectivity index (χ1n) is 7.70. The van der Waals surface area contributed by atoms with Gasteiger partial charge in [0.2, 0.25) is 0 Å². The third-order valence-electron chi connectivity index (χ3n) is 4.42. The minimum atomic E-state index is -3.89. The summed E-state index contributed by atoms with van der Waals surface area (Å²) in [6.07, 6.45) is -0.685. The normalized spacial score (nSPS) is 19.4. The number of sulfone groups is 1. The number of carbonyl (C=O) groups excluding carboxylic acids is 2. The Kier molecular flexibility index (Phi) is 5.53. The molecule has 26 heavy (non-hydrogen) atoms. The first-order valence-corrected chi connectivity index (χ1v) is 9.59. The molecule has 0 spiro atoms. The van der Waals surface area contributed by atoms with E-state index in [1.165, 1.54) is 17.3 Å². The Morgan fingerprint density at radius 1 is 1.46 bits per heavy atom. The summed E-state index contributed by atoms with van der Waals surface area (Å²) in [6, 6.07) is 8.76. The van der Waals surface area contributed by atoms with Gasteiger partial charge in [0, 0.05) is 18.4 Å². The maximum atomic E-state index is 12.1. The summed E-state index contributed by atoms with van der Waals surface area (Å²) in [5, 5.41) is 17.5. The maximum Gasteiger partial charge on any atom is 0.414 e. The Morgan fingerprint density at radius 3 is 2.58 bits per heavy atom. The van der Waals surface area contributed by atoms with Crippen LogP contribution in [0.25, 0.3) is 0 Å². The second kappa shape index (κ2) is 7.31. The summed E-state index contributed by atoms with van der Waals surface area (Å²) in [4.78, 5) is 25.3. The van der Waals surface area contributed by atoms with Gasteiger partial charge in [-0.1, -0.05) is 12.1 Å². The second-order valence-electron chi connectivity index (χ2n) is 6.27. The van der Waals surface area contributed by atoms with Crippen LogP contribution in [0.5, 0.6) is 0 Å². The summed E-state index contributed by atoms with van der Waals surface area (Å²) in [5.41, 5.74) is 2.69. The van der Waals surface area contributed by atoms with E-state index in [0.29, 0.717) is 5.69 Å². The van der Waals surface area contributed by atoms with Gasteiger partial charge in [0.05, 0.1) is 19.0 Å². The van der Waals surface area contributed by atoms with Crippen LogP contribution in [0.3, 0.4) is 0 Å². The summed E-state index contributed by atoms with van der Waals surface area (Å²) in [5.74, 6) is -1.09. The maximum absolute atomic E-state index is 12.1. The number of nitriles is 1. The monoisotopic (exact) mass is 381 g/mol. The number of benzene rings is 1. The van der Waals surface area contributed by atoms with Crippen molar-refractivity contribution in [3.63, 3.8) is 0 Å². The lowest BCUT2D eigenvalue weighted by atomic mass is 10.0. The van der Waals surface area contributed by atoms with Crippen LogP contribution in [0.4, 0.5) is 10.5 Å². The summed E-state index contributed by atoms with van der Waals surface area (Å²) in [7, 11) is -3.89. The lowest BCUT2D eigenvalue weighted by Crippen LogP contribution is -2.51. The average Bonchev–Trinajstić information content (AvgIpc) is 2.94. The predicted octanol–water partition coefficient (Wildman–Crippen LogP) is 0.777. The molecule has 2 amide bonds. The van der Waals surface area contributed by atoms with E-state index >= 15 is 0 Å². The van der Waals surface area contributed by atoms with Gasteiger partial charge in [-0.2, -0.15) is 5.26 Å². The van der Waals surface area contributed by atoms with Gasteiger partial charge in [0.15, 0.2) is 14.6 Å². The number of cyclic esters (lactones) is 1. The quantitative estimate of drug-likeness (QED) is 0.548. The van der Waals surface area contributed by atoms with Crippen molar-refractivity contribution in [2.45, 2.75) is 30.6 Å². The molecule has 1 fully saturated rings. The molecule has 0 aromatic heterocycles. The molecule has 1 aromatic carbocycles. The number of amides is 2. The molecule has 1 saturated heterocycles. The van der Waals surface area contributed by atoms with E-state index in [9.17, 15) is 18.0 Å². The fraction of sp³-hybridized carbons (Fsp3) is 0.438. The Bertz CT molecular complexity index is 846. The molecule has 1 heterocycles. The minimum Gasteiger partial charge on any atom is -0.444 e. The Labute approximate surface area is 151 Å². The molecule has 10 heteroatoms. The van der Waals surface area contributed by atoms with E-state index in [1.54, 1.807) is 24.3 Å². The van der Waals surface area contributed by atoms with E-state index in [0.717, 1.165) is 11.8 Å². The van der Waals surface area contributed by atoms with Gasteiger partial charge < -0.3 is 4.74 Å². The third kappa shape index (κ3) is 3.79. The van der Waals surface area contributed by atoms with Crippen LogP contribution in [0.2, 0.25) is 0 Å². The summed E-state index contributed by atoms with van der Waals surface area (Å²) >= 11 is 0. The standard InChI is InChI=1S/C16H19N3O6S/c1-16(14(20)18-22,26(2,23)24)9-13-10-19(15(21)25-13)12-5-3-11(4-6-12)7-8-17/h3-6,13,22H,7,9-10H2,1-2H3,(H,18,20)/t13-,16?/m0/s1. The molecule has 0 aliphatic carbocycles. The molecule has 0 saturated carbocycles. The van der Waals surface area contributed by atoms with Crippen LogP contribution in [0, 0.1) is 11.3 Å². The second-order valence-corrected chi connectivity index (χ2v) is 8.71. The van der Waals surface area contributed by atoms with Crippen LogP contribution < -0.4 is 10.4 Å². The average molecular weight is 381 g/mol. The van der Waals surface area contributed by atoms with Gasteiger partial charge in [0.25, 0.3) is 5.91 Å². The fourth-order valence-corrected chi connectivity index (χ4v) is 3.56. The Morgan fingerprint density at radius 2 is 2.08 bits per heavy atom. The third-order valence-corrected chi connectivity index (χ3v) is 6.41. The lowest BCUT2D eigenvalue weighted by molar-refractivity contribution is -0.132. The van der Waals surface area contributed by atoms with Gasteiger partial charge >= 0.3 is 6.09 Å². The van der Waals surface area contributed by atoms with Gasteiger partial charge in [-0.3, -0.25) is 14.9 Å². The fourth-order valence-electron chi connectivity index (χ4n) is 2.69. The van der Waals surface area contributed by atoms with Crippen molar-refractivity contribution in [2.24, 2.45) is 0 Å². The molecule has 0 bridgehead atoms. The number of hydroxylamine groups is 1. The highest BCUT2D eigenvalue weighted by molar-refractivity contribution is 7.92. The van der Waals surface area contributed by atoms with E-state index in [1.807, 2.05) is 6.07 Å². The molecule has 1 unspecified atom stereocenters. The van der Waals surface area contributed by atoms with Gasteiger partial charge in [-0.15, -0.1) is 0 Å². The number of anilines is 1. The molecular formula is C16H19N3O6S. The van der Waals surface area contributed by atoms with Crippen molar-refractivity contribution in [2.75, 3.05) is 17.7 Å². The number of hydrogen-bond acceptors (Lipinski definition) is 7. The molecule has 1 aliphatic rings. The predicted molar refractivity (Wildman–Crippen MR) is 91.2 cm³/mol. The zero-order chi connectivity index (χ0) is 19.5. The zero-order valence-electron chi connectivity index (χ0n) is 14.3. The number of carbonyl (C=O) groups is 2. The molecule has 1 aliphatic heterocycles. The molecule has 0 radical (unpaired) electrons. The van der Waals surface area contributed by atoms with Crippen molar-refractivity contribution < 1.29 is 28.0 Å². The zero-order valence-corrected chi connectivity index (χ0v) is 15.1. The molecule has 9 nitrogen and oxygen atoms in total. The first kappa shape index (κ1) is 19.7. The van der Waals surface area contributed by atoms with Crippen molar-refractivity contribution >= 4 is 27.5 Å². The molecule has 2 atom stereocenters. The van der Waals surface area contributed by atoms with Crippen LogP contribution in [0.1, 0.15) is 18.9 Å². The van der Waals surface area contributed by atoms with Crippen molar-refractivity contribution in [3.05, 3.63) is 29.8 Å². The largest absolute Gasteiger partial charge is 0.444 e. The van der Waals surface area contributed by atoms with E-state index in [2.05, 4.69) is 0 Å². The topological polar surface area (TPSA) is 137 Å². The number of hydrogen-bond donors (Lipinski definition) is 2. The number of rotatable bonds is 6. The van der Waals surface area contributed by atoms with Crippen LogP contribution >= 0.6 is 0 Å². The van der Waals surface area contributed by atoms with Crippen molar-refractivity contribution in [1.29, 1.82) is 5.26 Å². The minimum absolute atomic E-state index is 0.0558. The van der Waals surface area contributed by atoms with Gasteiger partial charge in [0.1, 0.15) is 6.10 Å². The number of ether oxygens (including phenoxy) is 1. The number of nitrogens with zero attached hydrogens (tertiary/aromatic N) is 2. The van der Waals surface area contributed by atoms with E-state index in [4.69, 9.17) is 15.2 Å². The highest BCUT2D eigenvalue weighted by Crippen LogP contribution is 2.30. The van der Waals surface area contributed by atoms with Crippen LogP contribution in [-0.4, -0.2) is 49.3 Å². The summed E-state index contributed by atoms with van der Waals surface area (Å²) < 4.78 is 27.3. The molecule has 1 aromatic rings.